The second-order valence-electron chi connectivity index (χ2n) is 5.72. The molecule has 0 aliphatic heterocycles. The molecule has 0 saturated carbocycles. The minimum Gasteiger partial charge on any atom is -0.348 e. The average molecular weight is 358 g/mol. The summed E-state index contributed by atoms with van der Waals surface area (Å²) < 4.78 is 1.02. The molecular weight excluding hydrogens is 342 g/mol. The van der Waals surface area contributed by atoms with Gasteiger partial charge in [0, 0.05) is 5.02 Å². The summed E-state index contributed by atoms with van der Waals surface area (Å²) in [5.74, 6) is -0.379. The third-order valence-corrected chi connectivity index (χ3v) is 4.18. The molecule has 128 valence electrons. The molecule has 6 nitrogen and oxygen atoms in total. The van der Waals surface area contributed by atoms with E-state index in [4.69, 9.17) is 11.6 Å². The molecule has 25 heavy (non-hydrogen) atoms. The van der Waals surface area contributed by atoms with Crippen molar-refractivity contribution < 1.29 is 4.79 Å². The Morgan fingerprint density at radius 2 is 1.76 bits per heavy atom. The van der Waals surface area contributed by atoms with E-state index < -0.39 is 11.1 Å². The van der Waals surface area contributed by atoms with Crippen molar-refractivity contribution in [1.82, 2.24) is 15.1 Å². The number of amides is 1. The zero-order valence-electron chi connectivity index (χ0n) is 13.5. The smallest absolute Gasteiger partial charge is 0.273 e. The summed E-state index contributed by atoms with van der Waals surface area (Å²) in [6.07, 6.45) is 0. The highest BCUT2D eigenvalue weighted by Gasteiger charge is 2.13. The molecule has 0 saturated heterocycles. The van der Waals surface area contributed by atoms with Crippen LogP contribution in [-0.4, -0.2) is 15.7 Å². The normalized spacial score (nSPS) is 12.1. The monoisotopic (exact) mass is 357 g/mol. The van der Waals surface area contributed by atoms with Crippen LogP contribution >= 0.6 is 11.6 Å². The molecular formula is C18H16ClN3O3. The maximum Gasteiger partial charge on any atom is 0.273 e. The molecule has 0 bridgehead atoms. The fourth-order valence-electron chi connectivity index (χ4n) is 2.62. The molecule has 1 aromatic heterocycles. The molecule has 0 aliphatic rings. The Morgan fingerprint density at radius 1 is 1.12 bits per heavy atom. The van der Waals surface area contributed by atoms with Gasteiger partial charge in [-0.1, -0.05) is 35.9 Å². The van der Waals surface area contributed by atoms with E-state index in [0.717, 1.165) is 10.2 Å². The van der Waals surface area contributed by atoms with Crippen molar-refractivity contribution in [3.63, 3.8) is 0 Å². The number of aromatic amines is 1. The lowest BCUT2D eigenvalue weighted by atomic mass is 10.1. The molecule has 0 spiro atoms. The van der Waals surface area contributed by atoms with Crippen LogP contribution in [0.2, 0.25) is 5.02 Å². The highest BCUT2D eigenvalue weighted by atomic mass is 35.5. The SMILES string of the molecule is CC(NC(=O)Cn1[nH]c(=O)c2ccccc2c1=O)c1ccc(Cl)cc1. The van der Waals surface area contributed by atoms with Crippen LogP contribution in [-0.2, 0) is 11.3 Å². The van der Waals surface area contributed by atoms with Gasteiger partial charge in [-0.05, 0) is 36.8 Å². The zero-order chi connectivity index (χ0) is 18.0. The highest BCUT2D eigenvalue weighted by Crippen LogP contribution is 2.15. The minimum atomic E-state index is -0.413. The lowest BCUT2D eigenvalue weighted by Crippen LogP contribution is -2.37. The van der Waals surface area contributed by atoms with E-state index in [2.05, 4.69) is 10.4 Å². The molecule has 3 aromatic rings. The Kier molecular flexibility index (Phi) is 4.72. The predicted molar refractivity (Wildman–Crippen MR) is 96.8 cm³/mol. The Balaban J connectivity index is 1.80. The van der Waals surface area contributed by atoms with Gasteiger partial charge in [0.25, 0.3) is 11.1 Å². The molecule has 3 rings (SSSR count). The number of hydrogen-bond acceptors (Lipinski definition) is 3. The summed E-state index contributed by atoms with van der Waals surface area (Å²) in [5.41, 5.74) is 0.0651. The minimum absolute atomic E-state index is 0.257. The molecule has 0 aliphatic carbocycles. The van der Waals surface area contributed by atoms with Crippen LogP contribution in [0.15, 0.2) is 58.1 Å². The number of H-pyrrole nitrogens is 1. The summed E-state index contributed by atoms with van der Waals surface area (Å²) in [4.78, 5) is 36.7. The number of nitrogens with one attached hydrogen (secondary N) is 2. The molecule has 1 atom stereocenters. The average Bonchev–Trinajstić information content (AvgIpc) is 2.60. The zero-order valence-corrected chi connectivity index (χ0v) is 14.2. The van der Waals surface area contributed by atoms with Crippen molar-refractivity contribution in [3.8, 4) is 0 Å². The van der Waals surface area contributed by atoms with Gasteiger partial charge in [-0.3, -0.25) is 19.5 Å². The second-order valence-corrected chi connectivity index (χ2v) is 6.15. The first-order valence-electron chi connectivity index (χ1n) is 7.72. The van der Waals surface area contributed by atoms with Crippen molar-refractivity contribution in [2.24, 2.45) is 0 Å². The topological polar surface area (TPSA) is 84.0 Å². The third-order valence-electron chi connectivity index (χ3n) is 3.93. The van der Waals surface area contributed by atoms with E-state index in [-0.39, 0.29) is 23.9 Å². The number of benzene rings is 2. The number of hydrogen-bond donors (Lipinski definition) is 2. The van der Waals surface area contributed by atoms with Gasteiger partial charge >= 0.3 is 0 Å². The largest absolute Gasteiger partial charge is 0.348 e. The second kappa shape index (κ2) is 6.94. The molecule has 1 amide bonds. The molecule has 0 radical (unpaired) electrons. The van der Waals surface area contributed by atoms with Crippen molar-refractivity contribution in [3.05, 3.63) is 79.8 Å². The van der Waals surface area contributed by atoms with E-state index in [0.29, 0.717) is 10.4 Å². The van der Waals surface area contributed by atoms with Gasteiger partial charge in [0.1, 0.15) is 6.54 Å². The number of nitrogens with zero attached hydrogens (tertiary/aromatic N) is 1. The Hall–Kier alpha value is -2.86. The predicted octanol–water partition coefficient (Wildman–Crippen LogP) is 2.22. The first kappa shape index (κ1) is 17.0. The summed E-state index contributed by atoms with van der Waals surface area (Å²) in [6, 6.07) is 13.4. The number of carbonyl (C=O) groups is 1. The fourth-order valence-corrected chi connectivity index (χ4v) is 2.75. The van der Waals surface area contributed by atoms with Gasteiger partial charge < -0.3 is 5.32 Å². The van der Waals surface area contributed by atoms with Crippen LogP contribution in [0.5, 0.6) is 0 Å². The highest BCUT2D eigenvalue weighted by molar-refractivity contribution is 6.30. The lowest BCUT2D eigenvalue weighted by Gasteiger charge is -2.15. The number of rotatable bonds is 4. The number of halogens is 1. The van der Waals surface area contributed by atoms with Gasteiger partial charge in [0.2, 0.25) is 5.91 Å². The van der Waals surface area contributed by atoms with Crippen molar-refractivity contribution >= 4 is 28.3 Å². The van der Waals surface area contributed by atoms with Gasteiger partial charge in [-0.2, -0.15) is 0 Å². The first-order chi connectivity index (χ1) is 12.0. The van der Waals surface area contributed by atoms with Crippen molar-refractivity contribution in [1.29, 1.82) is 0 Å². The van der Waals surface area contributed by atoms with Gasteiger partial charge in [-0.25, -0.2) is 4.68 Å². The first-order valence-corrected chi connectivity index (χ1v) is 8.10. The molecule has 2 N–H and O–H groups in total. The van der Waals surface area contributed by atoms with Gasteiger partial charge in [0.15, 0.2) is 0 Å². The van der Waals surface area contributed by atoms with Crippen LogP contribution in [0, 0.1) is 0 Å². The molecule has 1 unspecified atom stereocenters. The van der Waals surface area contributed by atoms with Crippen LogP contribution in [0.3, 0.4) is 0 Å². The lowest BCUT2D eigenvalue weighted by molar-refractivity contribution is -0.122. The van der Waals surface area contributed by atoms with Crippen LogP contribution in [0.1, 0.15) is 18.5 Å². The van der Waals surface area contributed by atoms with E-state index in [1.807, 2.05) is 19.1 Å². The van der Waals surface area contributed by atoms with Crippen LogP contribution in [0.4, 0.5) is 0 Å². The van der Waals surface area contributed by atoms with E-state index in [1.165, 1.54) is 0 Å². The van der Waals surface area contributed by atoms with Gasteiger partial charge in [-0.15, -0.1) is 0 Å². The third kappa shape index (κ3) is 3.64. The molecule has 2 aromatic carbocycles. The standard InChI is InChI=1S/C18H16ClN3O3/c1-11(12-6-8-13(19)9-7-12)20-16(23)10-22-18(25)15-5-3-2-4-14(15)17(24)21-22/h2-9,11H,10H2,1H3,(H,20,23)(H,21,24). The molecule has 1 heterocycles. The van der Waals surface area contributed by atoms with Crippen LogP contribution in [0.25, 0.3) is 10.8 Å². The fraction of sp³-hybridized carbons (Fsp3) is 0.167. The maximum atomic E-state index is 12.4. The quantitative estimate of drug-likeness (QED) is 0.751. The van der Waals surface area contributed by atoms with Gasteiger partial charge in [0.05, 0.1) is 16.8 Å². The van der Waals surface area contributed by atoms with Crippen molar-refractivity contribution in [2.45, 2.75) is 19.5 Å². The Bertz CT molecular complexity index is 1040. The Labute approximate surface area is 148 Å². The summed E-state index contributed by atoms with van der Waals surface area (Å²) in [7, 11) is 0. The van der Waals surface area contributed by atoms with E-state index in [9.17, 15) is 14.4 Å². The summed E-state index contributed by atoms with van der Waals surface area (Å²) in [5, 5.41) is 6.44. The Morgan fingerprint density at radius 3 is 2.44 bits per heavy atom. The molecule has 0 fully saturated rings. The van der Waals surface area contributed by atoms with Crippen LogP contribution < -0.4 is 16.4 Å². The number of carbonyl (C=O) groups excluding carboxylic acids is 1. The van der Waals surface area contributed by atoms with Crippen molar-refractivity contribution in [2.75, 3.05) is 0 Å². The number of fused-ring (bicyclic) bond motifs is 1. The summed E-state index contributed by atoms with van der Waals surface area (Å²) >= 11 is 5.85. The molecule has 7 heteroatoms. The maximum absolute atomic E-state index is 12.4. The summed E-state index contributed by atoms with van der Waals surface area (Å²) in [6.45, 7) is 1.56. The van der Waals surface area contributed by atoms with E-state index in [1.54, 1.807) is 36.4 Å². The number of aromatic nitrogens is 2. The van der Waals surface area contributed by atoms with E-state index >= 15 is 0 Å².